The molecular weight excluding hydrogens is 433 g/mol. The van der Waals surface area contributed by atoms with Gasteiger partial charge in [-0.3, -0.25) is 9.36 Å². The molecule has 0 unspecified atom stereocenters. The van der Waals surface area contributed by atoms with Crippen LogP contribution in [0.25, 0.3) is 5.65 Å². The molecule has 0 saturated heterocycles. The molecule has 25 heavy (non-hydrogen) atoms. The molecule has 1 N–H and O–H groups in total. The van der Waals surface area contributed by atoms with E-state index in [4.69, 9.17) is 11.6 Å². The van der Waals surface area contributed by atoms with Gasteiger partial charge in [-0.05, 0) is 39.8 Å². The van der Waals surface area contributed by atoms with Crippen molar-refractivity contribution in [3.05, 3.63) is 41.9 Å². The summed E-state index contributed by atoms with van der Waals surface area (Å²) in [4.78, 5) is 15.0. The first-order chi connectivity index (χ1) is 11.8. The van der Waals surface area contributed by atoms with Crippen LogP contribution in [0.1, 0.15) is 11.2 Å². The van der Waals surface area contributed by atoms with E-state index < -0.39 is 5.20 Å². The number of rotatable bonds is 0. The third-order valence-electron chi connectivity index (χ3n) is 2.77. The molecule has 0 aliphatic carbocycles. The van der Waals surface area contributed by atoms with Crippen LogP contribution in [-0.2, 0) is 4.57 Å². The number of anilines is 1. The summed E-state index contributed by atoms with van der Waals surface area (Å²) in [5.74, 6) is 0.870. The van der Waals surface area contributed by atoms with Crippen LogP contribution in [0, 0.1) is 0 Å². The Labute approximate surface area is 161 Å². The molecule has 0 spiro atoms. The molecule has 4 heterocycles. The summed E-state index contributed by atoms with van der Waals surface area (Å²) in [6, 6.07) is 5.28. The van der Waals surface area contributed by atoms with E-state index in [9.17, 15) is 9.36 Å². The Morgan fingerprint density at radius 1 is 1.08 bits per heavy atom. The number of hydrogen-bond acceptors (Lipinski definition) is 6. The van der Waals surface area contributed by atoms with Crippen LogP contribution in [0.3, 0.4) is 0 Å². The van der Waals surface area contributed by atoms with Crippen molar-refractivity contribution in [2.75, 3.05) is 11.9 Å². The number of carbonyl (C=O) groups is 1. The van der Waals surface area contributed by atoms with Gasteiger partial charge in [0.05, 0.1) is 12.4 Å². The highest BCUT2D eigenvalue weighted by Crippen LogP contribution is 2.61. The topological polar surface area (TPSA) is 94.2 Å². The van der Waals surface area contributed by atoms with E-state index in [-0.39, 0.29) is 5.91 Å². The van der Waals surface area contributed by atoms with E-state index in [1.54, 1.807) is 41.3 Å². The summed E-state index contributed by atoms with van der Waals surface area (Å²) in [6.07, 6.45) is 5.47. The molecule has 4 rings (SSSR count). The van der Waals surface area contributed by atoms with Crippen LogP contribution >= 0.6 is 50.5 Å². The molecule has 0 fully saturated rings. The van der Waals surface area contributed by atoms with Crippen molar-refractivity contribution in [3.8, 4) is 0 Å². The molecule has 0 atom stereocenters. The second-order valence-corrected chi connectivity index (χ2v) is 11.5. The monoisotopic (exact) mass is 442 g/mol. The first-order valence-electron chi connectivity index (χ1n) is 6.70. The number of carbonyl (C=O) groups excluding carboxylic acids is 1. The zero-order chi connectivity index (χ0) is 18.4. The van der Waals surface area contributed by atoms with Gasteiger partial charge < -0.3 is 5.32 Å². The van der Waals surface area contributed by atoms with Crippen molar-refractivity contribution in [2.45, 2.75) is 6.42 Å². The predicted molar refractivity (Wildman–Crippen MR) is 99.1 cm³/mol. The van der Waals surface area contributed by atoms with Crippen molar-refractivity contribution in [1.29, 1.82) is 0 Å². The second-order valence-electron chi connectivity index (χ2n) is 4.47. The lowest BCUT2D eigenvalue weighted by Gasteiger charge is -2.12. The standard InChI is InChI=1S/C6H4ClN3.C6H7N3O.Cl3OP/c7-5-1-3-8-6-2-4-9-10(5)6;10-6-2-3-7-5-1-4-8-9(5)6;1-5(2,3)4/h1-4H;1,4,7H,2-3H2;. The Hall–Kier alpha value is -1.31. The first kappa shape index (κ1) is 20.0. The maximum atomic E-state index is 11.0. The zero-order valence-corrected chi connectivity index (χ0v) is 16.3. The van der Waals surface area contributed by atoms with E-state index in [1.165, 1.54) is 4.68 Å². The number of hydrogen-bond donors (Lipinski definition) is 1. The van der Waals surface area contributed by atoms with E-state index >= 15 is 0 Å². The van der Waals surface area contributed by atoms with E-state index in [0.29, 0.717) is 11.6 Å². The minimum absolute atomic E-state index is 0.0683. The van der Waals surface area contributed by atoms with Gasteiger partial charge in [-0.25, -0.2) is 9.50 Å². The van der Waals surface area contributed by atoms with Gasteiger partial charge in [-0.1, -0.05) is 11.6 Å². The Morgan fingerprint density at radius 2 is 1.76 bits per heavy atom. The average Bonchev–Trinajstić information content (AvgIpc) is 3.16. The molecule has 1 aliphatic rings. The summed E-state index contributed by atoms with van der Waals surface area (Å²) < 4.78 is 12.5. The highest BCUT2D eigenvalue weighted by Gasteiger charge is 2.14. The van der Waals surface area contributed by atoms with Crippen molar-refractivity contribution < 1.29 is 9.36 Å². The van der Waals surface area contributed by atoms with Gasteiger partial charge in [0.1, 0.15) is 11.0 Å². The highest BCUT2D eigenvalue weighted by atomic mass is 36.0. The molecule has 3 aromatic rings. The quantitative estimate of drug-likeness (QED) is 0.405. The van der Waals surface area contributed by atoms with Gasteiger partial charge in [-0.2, -0.15) is 14.9 Å². The molecule has 0 radical (unpaired) electrons. The predicted octanol–water partition coefficient (Wildman–Crippen LogP) is 4.53. The molecule has 0 bridgehead atoms. The third kappa shape index (κ3) is 6.49. The summed E-state index contributed by atoms with van der Waals surface area (Å²) >= 11 is 19.6. The fourth-order valence-corrected chi connectivity index (χ4v) is 2.03. The molecule has 0 amide bonds. The van der Waals surface area contributed by atoms with Crippen LogP contribution in [0.5, 0.6) is 0 Å². The zero-order valence-electron chi connectivity index (χ0n) is 12.4. The normalized spacial score (nSPS) is 13.0. The largest absolute Gasteiger partial charge is 0.369 e. The molecule has 0 saturated carbocycles. The number of aromatic nitrogens is 5. The van der Waals surface area contributed by atoms with Gasteiger partial charge in [0.2, 0.25) is 0 Å². The average molecular weight is 444 g/mol. The summed E-state index contributed by atoms with van der Waals surface area (Å²) in [6.45, 7) is 0.727. The Morgan fingerprint density at radius 3 is 2.40 bits per heavy atom. The van der Waals surface area contributed by atoms with Crippen LogP contribution in [0.2, 0.25) is 5.15 Å². The highest BCUT2D eigenvalue weighted by molar-refractivity contribution is 8.24. The number of halogens is 4. The van der Waals surface area contributed by atoms with Crippen LogP contribution in [0.15, 0.2) is 36.8 Å². The van der Waals surface area contributed by atoms with Crippen LogP contribution in [0.4, 0.5) is 5.82 Å². The van der Waals surface area contributed by atoms with E-state index in [1.807, 2.05) is 0 Å². The van der Waals surface area contributed by atoms with E-state index in [2.05, 4.69) is 54.2 Å². The second kappa shape index (κ2) is 8.87. The van der Waals surface area contributed by atoms with Crippen LogP contribution < -0.4 is 5.32 Å². The summed E-state index contributed by atoms with van der Waals surface area (Å²) in [5.41, 5.74) is 0.771. The molecule has 8 nitrogen and oxygen atoms in total. The van der Waals surface area contributed by atoms with Gasteiger partial charge in [0.15, 0.2) is 5.65 Å². The fourth-order valence-electron chi connectivity index (χ4n) is 1.84. The van der Waals surface area contributed by atoms with Crippen molar-refractivity contribution in [2.24, 2.45) is 0 Å². The maximum absolute atomic E-state index is 11.0. The molecule has 3 aromatic heterocycles. The molecule has 134 valence electrons. The Bertz CT molecular complexity index is 900. The maximum Gasteiger partial charge on any atom is 0.339 e. The van der Waals surface area contributed by atoms with Gasteiger partial charge >= 0.3 is 5.20 Å². The third-order valence-corrected chi connectivity index (χ3v) is 3.05. The summed E-state index contributed by atoms with van der Waals surface area (Å²) in [7, 11) is 0. The van der Waals surface area contributed by atoms with Crippen LogP contribution in [-0.4, -0.2) is 36.8 Å². The molecule has 13 heteroatoms. The Balaban J connectivity index is 0.000000144. The molecule has 1 aliphatic heterocycles. The smallest absolute Gasteiger partial charge is 0.339 e. The summed E-state index contributed by atoms with van der Waals surface area (Å²) in [5, 5.41) is 8.19. The molecule has 0 aromatic carbocycles. The van der Waals surface area contributed by atoms with Crippen molar-refractivity contribution in [3.63, 3.8) is 0 Å². The van der Waals surface area contributed by atoms with E-state index in [0.717, 1.165) is 18.0 Å². The number of nitrogens with zero attached hydrogens (tertiary/aromatic N) is 5. The molecular formula is C12H11Cl4N6O2P. The fraction of sp³-hybridized carbons (Fsp3) is 0.167. The lowest BCUT2D eigenvalue weighted by molar-refractivity contribution is 0.0886. The Kier molecular flexibility index (Phi) is 7.10. The lowest BCUT2D eigenvalue weighted by Crippen LogP contribution is -2.24. The van der Waals surface area contributed by atoms with Crippen molar-refractivity contribution >= 4 is 67.9 Å². The SMILES string of the molecule is Clc1ccnc2ccnn12.O=C1CCNc2ccnn21.O=P(Cl)(Cl)Cl. The number of fused-ring (bicyclic) bond motifs is 2. The minimum Gasteiger partial charge on any atom is -0.369 e. The van der Waals surface area contributed by atoms with Crippen molar-refractivity contribution in [1.82, 2.24) is 24.4 Å². The minimum atomic E-state index is -3.22. The van der Waals surface area contributed by atoms with Gasteiger partial charge in [-0.15, -0.1) is 0 Å². The van der Waals surface area contributed by atoms with Gasteiger partial charge in [0.25, 0.3) is 5.91 Å². The lowest BCUT2D eigenvalue weighted by atomic mass is 10.3. The van der Waals surface area contributed by atoms with Gasteiger partial charge in [0, 0.05) is 31.3 Å². The number of nitrogens with one attached hydrogen (secondary N) is 1. The first-order valence-corrected chi connectivity index (χ1v) is 11.5.